The number of fused-ring (bicyclic) bond motifs is 3. The molecule has 5 rings (SSSR count). The monoisotopic (exact) mass is 500 g/mol. The van der Waals surface area contributed by atoms with Gasteiger partial charge in [0.1, 0.15) is 5.75 Å². The Balaban J connectivity index is 1.48. The third kappa shape index (κ3) is 4.07. The van der Waals surface area contributed by atoms with Crippen molar-refractivity contribution in [2.75, 3.05) is 17.1 Å². The number of benzene rings is 3. The summed E-state index contributed by atoms with van der Waals surface area (Å²) in [4.78, 5) is 0.220. The minimum absolute atomic E-state index is 0.0245. The number of nitrogens with one attached hydrogen (secondary N) is 2. The van der Waals surface area contributed by atoms with Crippen LogP contribution in [0.2, 0.25) is 10.0 Å². The van der Waals surface area contributed by atoms with Gasteiger partial charge in [0.05, 0.1) is 28.1 Å². The van der Waals surface area contributed by atoms with Crippen molar-refractivity contribution in [3.05, 3.63) is 94.0 Å². The molecule has 0 radical (unpaired) electrons. The molecule has 0 amide bonds. The van der Waals surface area contributed by atoms with Crippen LogP contribution in [0.4, 0.5) is 11.4 Å². The summed E-state index contributed by atoms with van der Waals surface area (Å²) in [5.41, 5.74) is 3.28. The van der Waals surface area contributed by atoms with Gasteiger partial charge in [-0.15, -0.1) is 0 Å². The third-order valence-corrected chi connectivity index (χ3v) is 8.52. The second-order valence-electron chi connectivity index (χ2n) is 8.20. The zero-order valence-corrected chi connectivity index (χ0v) is 20.1. The second-order valence-corrected chi connectivity index (χ2v) is 10.7. The maximum Gasteiger partial charge on any atom is 0.261 e. The fourth-order valence-corrected chi connectivity index (χ4v) is 6.20. The topological polar surface area (TPSA) is 67.4 Å². The molecule has 1 heterocycles. The lowest BCUT2D eigenvalue weighted by molar-refractivity contribution is 0.415. The van der Waals surface area contributed by atoms with E-state index in [0.29, 0.717) is 21.5 Å². The first kappa shape index (κ1) is 22.1. The molecule has 1 aliphatic heterocycles. The zero-order chi connectivity index (χ0) is 23.2. The van der Waals surface area contributed by atoms with Crippen LogP contribution < -0.4 is 14.8 Å². The number of halogens is 2. The van der Waals surface area contributed by atoms with Gasteiger partial charge in [-0.2, -0.15) is 0 Å². The molecule has 0 aromatic heterocycles. The van der Waals surface area contributed by atoms with Crippen LogP contribution in [0.3, 0.4) is 0 Å². The number of hydrogen-bond donors (Lipinski definition) is 2. The Kier molecular flexibility index (Phi) is 5.77. The number of methoxy groups -OCH3 is 1. The molecule has 1 aliphatic carbocycles. The van der Waals surface area contributed by atoms with Crippen molar-refractivity contribution < 1.29 is 13.2 Å². The molecule has 2 N–H and O–H groups in total. The highest BCUT2D eigenvalue weighted by Crippen LogP contribution is 2.51. The van der Waals surface area contributed by atoms with E-state index < -0.39 is 10.0 Å². The maximum absolute atomic E-state index is 13.1. The minimum atomic E-state index is -3.75. The zero-order valence-electron chi connectivity index (χ0n) is 17.8. The predicted molar refractivity (Wildman–Crippen MR) is 133 cm³/mol. The van der Waals surface area contributed by atoms with Crippen LogP contribution in [-0.2, 0) is 10.0 Å². The molecule has 8 heteroatoms. The van der Waals surface area contributed by atoms with Crippen molar-refractivity contribution in [2.45, 2.75) is 23.3 Å². The van der Waals surface area contributed by atoms with E-state index in [1.54, 1.807) is 49.6 Å². The summed E-state index contributed by atoms with van der Waals surface area (Å²) in [6.45, 7) is 0. The van der Waals surface area contributed by atoms with E-state index in [0.717, 1.165) is 23.2 Å². The molecule has 5 nitrogen and oxygen atoms in total. The minimum Gasteiger partial charge on any atom is -0.497 e. The van der Waals surface area contributed by atoms with Gasteiger partial charge in [-0.25, -0.2) is 8.42 Å². The van der Waals surface area contributed by atoms with Crippen LogP contribution >= 0.6 is 23.2 Å². The number of sulfonamides is 1. The SMILES string of the molecule is COc1ccc(NS(=O)(=O)c2ccc3c(c2)C2C=CCC2C(c2cccc(Cl)c2Cl)N3)cc1. The number of allylic oxidation sites excluding steroid dienone is 2. The van der Waals surface area contributed by atoms with Crippen molar-refractivity contribution in [2.24, 2.45) is 5.92 Å². The van der Waals surface area contributed by atoms with Crippen molar-refractivity contribution in [3.63, 3.8) is 0 Å². The Morgan fingerprint density at radius 2 is 1.82 bits per heavy atom. The lowest BCUT2D eigenvalue weighted by Crippen LogP contribution is -2.29. The van der Waals surface area contributed by atoms with E-state index in [4.69, 9.17) is 27.9 Å². The van der Waals surface area contributed by atoms with E-state index in [2.05, 4.69) is 22.2 Å². The summed E-state index contributed by atoms with van der Waals surface area (Å²) >= 11 is 12.8. The molecule has 0 saturated carbocycles. The van der Waals surface area contributed by atoms with E-state index in [-0.39, 0.29) is 22.8 Å². The number of rotatable bonds is 5. The van der Waals surface area contributed by atoms with Gasteiger partial charge in [-0.1, -0.05) is 47.5 Å². The van der Waals surface area contributed by atoms with Crippen molar-refractivity contribution in [1.82, 2.24) is 0 Å². The first-order valence-corrected chi connectivity index (χ1v) is 12.8. The van der Waals surface area contributed by atoms with Crippen LogP contribution in [0.15, 0.2) is 77.7 Å². The Hall–Kier alpha value is -2.67. The molecule has 0 bridgehead atoms. The average Bonchev–Trinajstić information content (AvgIpc) is 3.31. The largest absolute Gasteiger partial charge is 0.497 e. The van der Waals surface area contributed by atoms with E-state index in [1.807, 2.05) is 18.2 Å². The van der Waals surface area contributed by atoms with E-state index in [1.165, 1.54) is 0 Å². The molecule has 3 aromatic rings. The highest BCUT2D eigenvalue weighted by molar-refractivity contribution is 7.92. The predicted octanol–water partition coefficient (Wildman–Crippen LogP) is 6.63. The van der Waals surface area contributed by atoms with Crippen LogP contribution in [0.1, 0.15) is 29.5 Å². The standard InChI is InChI=1S/C25H22Cl2N2O3S/c1-32-16-10-8-15(9-11-16)29-33(30,31)17-12-13-23-21(14-17)18-4-2-5-19(18)25(28-23)20-6-3-7-22(26)24(20)27/h2-4,6-14,18-19,25,28-29H,5H2,1H3. The maximum atomic E-state index is 13.1. The van der Waals surface area contributed by atoms with Gasteiger partial charge in [0.15, 0.2) is 0 Å². The second kappa shape index (κ2) is 8.60. The summed E-state index contributed by atoms with van der Waals surface area (Å²) in [5, 5.41) is 4.65. The first-order valence-electron chi connectivity index (χ1n) is 10.6. The van der Waals surface area contributed by atoms with Crippen molar-refractivity contribution in [1.29, 1.82) is 0 Å². The number of hydrogen-bond acceptors (Lipinski definition) is 4. The fraction of sp³-hybridized carbons (Fsp3) is 0.200. The lowest BCUT2D eigenvalue weighted by atomic mass is 9.77. The van der Waals surface area contributed by atoms with Crippen LogP contribution in [0, 0.1) is 5.92 Å². The van der Waals surface area contributed by atoms with Crippen molar-refractivity contribution in [3.8, 4) is 5.75 Å². The summed E-state index contributed by atoms with van der Waals surface area (Å²) in [7, 11) is -2.19. The molecule has 33 heavy (non-hydrogen) atoms. The van der Waals surface area contributed by atoms with Crippen LogP contribution in [0.5, 0.6) is 5.75 Å². The lowest BCUT2D eigenvalue weighted by Gasteiger charge is -2.38. The molecule has 0 spiro atoms. The molecule has 170 valence electrons. The summed E-state index contributed by atoms with van der Waals surface area (Å²) in [5.74, 6) is 0.949. The molecule has 3 aromatic carbocycles. The molecule has 3 atom stereocenters. The molecule has 0 saturated heterocycles. The average molecular weight is 501 g/mol. The molecule has 2 aliphatic rings. The first-order chi connectivity index (χ1) is 15.9. The Labute approximate surface area is 203 Å². The summed E-state index contributed by atoms with van der Waals surface area (Å²) in [6.07, 6.45) is 5.17. The van der Waals surface area contributed by atoms with Gasteiger partial charge < -0.3 is 10.1 Å². The van der Waals surface area contributed by atoms with Crippen molar-refractivity contribution >= 4 is 44.6 Å². The van der Waals surface area contributed by atoms with Gasteiger partial charge in [-0.05, 0) is 72.0 Å². The fourth-order valence-electron chi connectivity index (χ4n) is 4.68. The van der Waals surface area contributed by atoms with E-state index >= 15 is 0 Å². The Bertz CT molecular complexity index is 1340. The Morgan fingerprint density at radius 1 is 1.03 bits per heavy atom. The molecular weight excluding hydrogens is 479 g/mol. The van der Waals surface area contributed by atoms with Gasteiger partial charge in [0, 0.05) is 17.3 Å². The summed E-state index contributed by atoms with van der Waals surface area (Å²) < 4.78 is 34.0. The van der Waals surface area contributed by atoms with Gasteiger partial charge >= 0.3 is 0 Å². The van der Waals surface area contributed by atoms with Gasteiger partial charge in [0.2, 0.25) is 0 Å². The third-order valence-electron chi connectivity index (χ3n) is 6.30. The number of ether oxygens (including phenoxy) is 1. The summed E-state index contributed by atoms with van der Waals surface area (Å²) in [6, 6.07) is 17.6. The molecule has 0 fully saturated rings. The normalized spacial score (nSPS) is 21.1. The highest BCUT2D eigenvalue weighted by Gasteiger charge is 2.39. The highest BCUT2D eigenvalue weighted by atomic mass is 35.5. The smallest absolute Gasteiger partial charge is 0.261 e. The molecular formula is C25H22Cl2N2O3S. The van der Waals surface area contributed by atoms with Crippen LogP contribution in [-0.4, -0.2) is 15.5 Å². The Morgan fingerprint density at radius 3 is 2.58 bits per heavy atom. The van der Waals surface area contributed by atoms with Gasteiger partial charge in [-0.3, -0.25) is 4.72 Å². The van der Waals surface area contributed by atoms with E-state index in [9.17, 15) is 8.42 Å². The quantitative estimate of drug-likeness (QED) is 0.385. The van der Waals surface area contributed by atoms with Gasteiger partial charge in [0.25, 0.3) is 10.0 Å². The molecule has 3 unspecified atom stereocenters. The van der Waals surface area contributed by atoms with Crippen LogP contribution in [0.25, 0.3) is 0 Å². The number of anilines is 2.